The van der Waals surface area contributed by atoms with Gasteiger partial charge in [0.2, 0.25) is 0 Å². The number of rotatable bonds is 2. The van der Waals surface area contributed by atoms with E-state index in [-0.39, 0.29) is 24.4 Å². The molecule has 0 saturated carbocycles. The van der Waals surface area contributed by atoms with E-state index in [4.69, 9.17) is 10.2 Å². The lowest BCUT2D eigenvalue weighted by molar-refractivity contribution is 0.0592. The van der Waals surface area contributed by atoms with Crippen molar-refractivity contribution in [2.45, 2.75) is 46.1 Å². The Hall–Kier alpha value is -1.52. The molecule has 3 rings (SSSR count). The van der Waals surface area contributed by atoms with E-state index in [1.807, 2.05) is 24.8 Å². The quantitative estimate of drug-likeness (QED) is 0.909. The molecule has 1 aliphatic heterocycles. The van der Waals surface area contributed by atoms with Gasteiger partial charge in [-0.3, -0.25) is 4.79 Å². The molecule has 1 unspecified atom stereocenters. The van der Waals surface area contributed by atoms with Crippen molar-refractivity contribution in [3.8, 4) is 0 Å². The van der Waals surface area contributed by atoms with Gasteiger partial charge in [-0.25, -0.2) is 0 Å². The van der Waals surface area contributed by atoms with Crippen molar-refractivity contribution in [3.05, 3.63) is 34.6 Å². The van der Waals surface area contributed by atoms with Crippen molar-refractivity contribution in [2.24, 2.45) is 5.73 Å². The average molecular weight is 337 g/mol. The maximum absolute atomic E-state index is 13.0. The highest BCUT2D eigenvalue weighted by molar-refractivity contribution is 6.00. The molecule has 126 valence electrons. The lowest BCUT2D eigenvalue weighted by Crippen LogP contribution is -2.47. The number of piperidine rings is 1. The molecule has 0 aliphatic carbocycles. The van der Waals surface area contributed by atoms with Gasteiger partial charge in [0.05, 0.1) is 0 Å². The summed E-state index contributed by atoms with van der Waals surface area (Å²) in [5, 5.41) is 1.07. The van der Waals surface area contributed by atoms with Crippen LogP contribution in [0, 0.1) is 20.8 Å². The summed E-state index contributed by atoms with van der Waals surface area (Å²) in [7, 11) is 0. The third kappa shape index (κ3) is 2.98. The minimum atomic E-state index is -0.0114. The van der Waals surface area contributed by atoms with Gasteiger partial charge in [0.25, 0.3) is 5.91 Å². The highest BCUT2D eigenvalue weighted by atomic mass is 35.5. The molecule has 4 nitrogen and oxygen atoms in total. The van der Waals surface area contributed by atoms with Gasteiger partial charge < -0.3 is 15.1 Å². The first-order valence-corrected chi connectivity index (χ1v) is 8.05. The number of furan rings is 1. The highest BCUT2D eigenvalue weighted by Gasteiger charge is 2.30. The van der Waals surface area contributed by atoms with E-state index in [2.05, 4.69) is 13.0 Å². The number of nitrogens with zero attached hydrogens (tertiary/aromatic N) is 1. The second-order valence-corrected chi connectivity index (χ2v) is 6.34. The van der Waals surface area contributed by atoms with Crippen molar-refractivity contribution < 1.29 is 9.21 Å². The zero-order chi connectivity index (χ0) is 15.9. The van der Waals surface area contributed by atoms with E-state index >= 15 is 0 Å². The van der Waals surface area contributed by atoms with Crippen LogP contribution in [0.5, 0.6) is 0 Å². The van der Waals surface area contributed by atoms with Crippen LogP contribution >= 0.6 is 12.4 Å². The molecular weight excluding hydrogens is 312 g/mol. The van der Waals surface area contributed by atoms with Crippen LogP contribution in [0.4, 0.5) is 0 Å². The molecule has 1 amide bonds. The monoisotopic (exact) mass is 336 g/mol. The Bertz CT molecular complexity index is 723. The number of nitrogens with two attached hydrogens (primary N) is 1. The van der Waals surface area contributed by atoms with Gasteiger partial charge in [-0.15, -0.1) is 12.4 Å². The van der Waals surface area contributed by atoms with Crippen LogP contribution in [0.1, 0.15) is 46.5 Å². The SMILES string of the molecule is Cc1ccc(C)c2c(C)c(C(=O)N3CCCCC3CN)oc12.Cl. The lowest BCUT2D eigenvalue weighted by atomic mass is 10.0. The Kier molecular flexibility index (Phi) is 5.37. The number of fused-ring (bicyclic) bond motifs is 1. The minimum Gasteiger partial charge on any atom is -0.450 e. The molecule has 1 aliphatic rings. The Morgan fingerprint density at radius 3 is 2.61 bits per heavy atom. The molecule has 0 radical (unpaired) electrons. The van der Waals surface area contributed by atoms with Crippen LogP contribution in [0.3, 0.4) is 0 Å². The first-order valence-electron chi connectivity index (χ1n) is 8.05. The fraction of sp³-hybridized carbons (Fsp3) is 0.500. The Balaban J connectivity index is 0.00000192. The van der Waals surface area contributed by atoms with E-state index < -0.39 is 0 Å². The predicted octanol–water partition coefficient (Wildman–Crippen LogP) is 3.73. The van der Waals surface area contributed by atoms with Gasteiger partial charge in [-0.2, -0.15) is 0 Å². The zero-order valence-corrected chi connectivity index (χ0v) is 14.8. The van der Waals surface area contributed by atoms with Crippen molar-refractivity contribution >= 4 is 29.3 Å². The standard InChI is InChI=1S/C18H24N2O2.ClH/c1-11-7-8-12(2)16-15(11)13(3)17(22-16)18(21)20-9-5-4-6-14(20)10-19;/h7-8,14H,4-6,9-10,19H2,1-3H3;1H. The van der Waals surface area contributed by atoms with E-state index in [1.54, 1.807) is 0 Å². The van der Waals surface area contributed by atoms with Crippen LogP contribution in [0.15, 0.2) is 16.5 Å². The van der Waals surface area contributed by atoms with E-state index in [1.165, 1.54) is 0 Å². The number of carbonyl (C=O) groups excluding carboxylic acids is 1. The van der Waals surface area contributed by atoms with Gasteiger partial charge >= 0.3 is 0 Å². The predicted molar refractivity (Wildman–Crippen MR) is 95.4 cm³/mol. The summed E-state index contributed by atoms with van der Waals surface area (Å²) in [6.45, 7) is 7.34. The average Bonchev–Trinajstić information content (AvgIpc) is 2.89. The van der Waals surface area contributed by atoms with Crippen LogP contribution < -0.4 is 5.73 Å². The fourth-order valence-corrected chi connectivity index (χ4v) is 3.52. The highest BCUT2D eigenvalue weighted by Crippen LogP contribution is 2.32. The van der Waals surface area contributed by atoms with E-state index in [0.717, 1.165) is 53.5 Å². The van der Waals surface area contributed by atoms with Gasteiger partial charge in [0.1, 0.15) is 5.58 Å². The first kappa shape index (κ1) is 17.8. The molecule has 0 bridgehead atoms. The van der Waals surface area contributed by atoms with Crippen LogP contribution in [0.2, 0.25) is 0 Å². The normalized spacial score (nSPS) is 18.1. The largest absolute Gasteiger partial charge is 0.450 e. The lowest BCUT2D eigenvalue weighted by Gasteiger charge is -2.34. The topological polar surface area (TPSA) is 59.5 Å². The molecule has 1 aromatic carbocycles. The Morgan fingerprint density at radius 1 is 1.26 bits per heavy atom. The van der Waals surface area contributed by atoms with E-state index in [9.17, 15) is 4.79 Å². The number of likely N-dealkylation sites (tertiary alicyclic amines) is 1. The number of amides is 1. The van der Waals surface area contributed by atoms with Gasteiger partial charge in [-0.1, -0.05) is 12.1 Å². The molecule has 1 fully saturated rings. The van der Waals surface area contributed by atoms with Crippen LogP contribution in [0.25, 0.3) is 11.0 Å². The maximum atomic E-state index is 13.0. The number of aryl methyl sites for hydroxylation is 3. The minimum absolute atomic E-state index is 0. The van der Waals surface area contributed by atoms with Crippen molar-refractivity contribution in [1.82, 2.24) is 4.90 Å². The third-order valence-corrected chi connectivity index (χ3v) is 4.84. The third-order valence-electron chi connectivity index (χ3n) is 4.84. The summed E-state index contributed by atoms with van der Waals surface area (Å²) < 4.78 is 5.99. The molecule has 1 atom stereocenters. The smallest absolute Gasteiger partial charge is 0.290 e. The second-order valence-electron chi connectivity index (χ2n) is 6.34. The molecule has 2 N–H and O–H groups in total. The zero-order valence-electron chi connectivity index (χ0n) is 14.0. The maximum Gasteiger partial charge on any atom is 0.290 e. The molecule has 2 aromatic rings. The van der Waals surface area contributed by atoms with E-state index in [0.29, 0.717) is 12.3 Å². The first-order chi connectivity index (χ1) is 10.5. The fourth-order valence-electron chi connectivity index (χ4n) is 3.52. The van der Waals surface area contributed by atoms with Crippen LogP contribution in [-0.2, 0) is 0 Å². The number of halogens is 1. The summed E-state index contributed by atoms with van der Waals surface area (Å²) >= 11 is 0. The summed E-state index contributed by atoms with van der Waals surface area (Å²) in [4.78, 5) is 14.9. The molecule has 23 heavy (non-hydrogen) atoms. The summed E-state index contributed by atoms with van der Waals surface area (Å²) in [5.41, 5.74) is 9.84. The summed E-state index contributed by atoms with van der Waals surface area (Å²) in [6, 6.07) is 4.26. The summed E-state index contributed by atoms with van der Waals surface area (Å²) in [6.07, 6.45) is 3.17. The van der Waals surface area contributed by atoms with Gasteiger partial charge in [0.15, 0.2) is 5.76 Å². The van der Waals surface area contributed by atoms with Crippen molar-refractivity contribution in [1.29, 1.82) is 0 Å². The second kappa shape index (κ2) is 6.93. The Morgan fingerprint density at radius 2 is 1.96 bits per heavy atom. The molecular formula is C18H25ClN2O2. The molecule has 1 saturated heterocycles. The van der Waals surface area contributed by atoms with Crippen molar-refractivity contribution in [2.75, 3.05) is 13.1 Å². The van der Waals surface area contributed by atoms with Gasteiger partial charge in [0, 0.05) is 30.1 Å². The number of hydrogen-bond donors (Lipinski definition) is 1. The number of carbonyl (C=O) groups is 1. The van der Waals surface area contributed by atoms with Crippen LogP contribution in [-0.4, -0.2) is 29.9 Å². The number of benzene rings is 1. The van der Waals surface area contributed by atoms with Gasteiger partial charge in [-0.05, 0) is 51.2 Å². The van der Waals surface area contributed by atoms with Crippen molar-refractivity contribution in [3.63, 3.8) is 0 Å². The summed E-state index contributed by atoms with van der Waals surface area (Å²) in [5.74, 6) is 0.468. The number of hydrogen-bond acceptors (Lipinski definition) is 3. The molecule has 5 heteroatoms. The molecule has 1 aromatic heterocycles. The Labute approximate surface area is 143 Å². The molecule has 0 spiro atoms. The molecule has 2 heterocycles.